The standard InChI is InChI=1S/C26H46N4O12/c1-5-30(7-8-38-11-12-40-14-13-39-10-9-37-6-2)26(36)42-23(20(33)16-31)24-22(29-18(4)32)19(28-17(3)27)15-21(41-24)25(34)35/h15,19-20,22-24,28,31,33H,3,5-14,16,27H2,1-2,4H3,(H,29,32)(H,34,35)/t19-,20-,22+,23-,24+/m1/s1. The molecule has 0 aliphatic carbocycles. The molecule has 0 aromatic carbocycles. The van der Waals surface area contributed by atoms with Gasteiger partial charge in [0.25, 0.3) is 0 Å². The van der Waals surface area contributed by atoms with Crippen LogP contribution in [-0.2, 0) is 38.0 Å². The van der Waals surface area contributed by atoms with Crippen LogP contribution >= 0.6 is 0 Å². The van der Waals surface area contributed by atoms with Crippen LogP contribution in [0.1, 0.15) is 20.8 Å². The number of aliphatic hydroxyl groups is 2. The fraction of sp³-hybridized carbons (Fsp3) is 0.731. The molecule has 1 rings (SSSR count). The topological polar surface area (TPSA) is 221 Å². The number of nitrogens with zero attached hydrogens (tertiary/aromatic N) is 1. The highest BCUT2D eigenvalue weighted by molar-refractivity contribution is 5.85. The lowest BCUT2D eigenvalue weighted by Crippen LogP contribution is -2.64. The van der Waals surface area contributed by atoms with Crippen molar-refractivity contribution < 1.29 is 58.1 Å². The van der Waals surface area contributed by atoms with E-state index in [1.165, 1.54) is 11.8 Å². The zero-order valence-electron chi connectivity index (χ0n) is 24.5. The number of rotatable bonds is 22. The summed E-state index contributed by atoms with van der Waals surface area (Å²) in [6.07, 6.45) is -4.46. The Morgan fingerprint density at radius 3 is 2.10 bits per heavy atom. The Morgan fingerprint density at radius 1 is 1.05 bits per heavy atom. The molecule has 0 bridgehead atoms. The predicted octanol–water partition coefficient (Wildman–Crippen LogP) is -1.49. The van der Waals surface area contributed by atoms with Gasteiger partial charge in [-0.25, -0.2) is 9.59 Å². The lowest BCUT2D eigenvalue weighted by Gasteiger charge is -2.41. The van der Waals surface area contributed by atoms with Crippen molar-refractivity contribution in [3.05, 3.63) is 24.2 Å². The summed E-state index contributed by atoms with van der Waals surface area (Å²) >= 11 is 0. The quantitative estimate of drug-likeness (QED) is 0.0774. The summed E-state index contributed by atoms with van der Waals surface area (Å²) < 4.78 is 32.6. The van der Waals surface area contributed by atoms with Gasteiger partial charge in [0.2, 0.25) is 11.7 Å². The number of carbonyl (C=O) groups excluding carboxylic acids is 2. The van der Waals surface area contributed by atoms with E-state index in [-0.39, 0.29) is 32.1 Å². The molecule has 1 aliphatic heterocycles. The summed E-state index contributed by atoms with van der Waals surface area (Å²) in [6, 6.07) is -2.05. The minimum atomic E-state index is -1.69. The Balaban J connectivity index is 2.80. The monoisotopic (exact) mass is 606 g/mol. The Labute approximate surface area is 245 Å². The molecule has 0 radical (unpaired) electrons. The van der Waals surface area contributed by atoms with Gasteiger partial charge in [-0.15, -0.1) is 0 Å². The van der Waals surface area contributed by atoms with Gasteiger partial charge in [0.1, 0.15) is 6.10 Å². The van der Waals surface area contributed by atoms with E-state index in [2.05, 4.69) is 17.2 Å². The van der Waals surface area contributed by atoms with Crippen molar-refractivity contribution >= 4 is 18.0 Å². The third-order valence-electron chi connectivity index (χ3n) is 5.86. The van der Waals surface area contributed by atoms with Crippen molar-refractivity contribution in [2.24, 2.45) is 5.73 Å². The molecule has 0 aromatic rings. The Morgan fingerprint density at radius 2 is 1.62 bits per heavy atom. The number of carboxylic acids is 1. The molecule has 16 heteroatoms. The lowest BCUT2D eigenvalue weighted by molar-refractivity contribution is -0.147. The molecule has 1 aliphatic rings. The van der Waals surface area contributed by atoms with Crippen LogP contribution in [0, 0.1) is 0 Å². The number of carboxylic acid groups (broad SMARTS) is 1. The number of aliphatic carboxylic acids is 1. The number of amides is 2. The Bertz CT molecular complexity index is 874. The number of likely N-dealkylation sites (N-methyl/N-ethyl adjacent to an activating group) is 1. The van der Waals surface area contributed by atoms with Gasteiger partial charge in [-0.05, 0) is 19.9 Å². The molecule has 42 heavy (non-hydrogen) atoms. The summed E-state index contributed by atoms with van der Waals surface area (Å²) in [5.41, 5.74) is 5.66. The zero-order chi connectivity index (χ0) is 31.5. The van der Waals surface area contributed by atoms with E-state index in [4.69, 9.17) is 34.2 Å². The van der Waals surface area contributed by atoms with Gasteiger partial charge in [-0.2, -0.15) is 0 Å². The molecule has 16 nitrogen and oxygen atoms in total. The van der Waals surface area contributed by atoms with Gasteiger partial charge in [-0.3, -0.25) is 4.79 Å². The number of aliphatic hydroxyl groups excluding tert-OH is 2. The first-order valence-electron chi connectivity index (χ1n) is 13.7. The molecule has 7 N–H and O–H groups in total. The molecular formula is C26H46N4O12. The average molecular weight is 607 g/mol. The minimum absolute atomic E-state index is 0.0401. The van der Waals surface area contributed by atoms with Crippen molar-refractivity contribution in [2.45, 2.75) is 51.2 Å². The minimum Gasteiger partial charge on any atom is -0.477 e. The molecule has 0 saturated carbocycles. The number of nitrogens with one attached hydrogen (secondary N) is 2. The second-order valence-corrected chi connectivity index (χ2v) is 9.05. The van der Waals surface area contributed by atoms with Crippen LogP contribution in [0.5, 0.6) is 0 Å². The number of hydrogen-bond donors (Lipinski definition) is 6. The third-order valence-corrected chi connectivity index (χ3v) is 5.86. The molecule has 2 amide bonds. The molecule has 0 unspecified atom stereocenters. The van der Waals surface area contributed by atoms with Crippen LogP contribution in [0.3, 0.4) is 0 Å². The second-order valence-electron chi connectivity index (χ2n) is 9.05. The molecule has 0 spiro atoms. The third kappa shape index (κ3) is 13.7. The normalized spacial score (nSPS) is 19.5. The predicted molar refractivity (Wildman–Crippen MR) is 148 cm³/mol. The zero-order valence-corrected chi connectivity index (χ0v) is 24.5. The maximum absolute atomic E-state index is 13.1. The SMILES string of the molecule is C=C(N)N[C@@H]1C=C(C(=O)O)O[C@H]([C@H](OC(=O)N(CC)CCOCCOCCOCCOCC)[C@H](O)CO)[C@H]1NC(C)=O. The van der Waals surface area contributed by atoms with Crippen molar-refractivity contribution in [3.63, 3.8) is 0 Å². The van der Waals surface area contributed by atoms with Crippen LogP contribution in [0.2, 0.25) is 0 Å². The van der Waals surface area contributed by atoms with Crippen LogP contribution < -0.4 is 16.4 Å². The molecule has 0 saturated heterocycles. The van der Waals surface area contributed by atoms with Crippen LogP contribution in [0.25, 0.3) is 0 Å². The molecule has 0 fully saturated rings. The smallest absolute Gasteiger partial charge is 0.410 e. The fourth-order valence-electron chi connectivity index (χ4n) is 3.89. The number of hydrogen-bond acceptors (Lipinski definition) is 13. The first-order chi connectivity index (χ1) is 20.0. The van der Waals surface area contributed by atoms with Gasteiger partial charge in [-0.1, -0.05) is 6.58 Å². The molecule has 1 heterocycles. The summed E-state index contributed by atoms with van der Waals surface area (Å²) in [5, 5.41) is 35.2. The van der Waals surface area contributed by atoms with Gasteiger partial charge in [0.15, 0.2) is 12.2 Å². The average Bonchev–Trinajstić information content (AvgIpc) is 2.94. The maximum atomic E-state index is 13.1. The molecule has 5 atom stereocenters. The van der Waals surface area contributed by atoms with Gasteiger partial charge >= 0.3 is 12.1 Å². The lowest BCUT2D eigenvalue weighted by atomic mass is 9.91. The maximum Gasteiger partial charge on any atom is 0.410 e. The van der Waals surface area contributed by atoms with E-state index < -0.39 is 60.7 Å². The molecular weight excluding hydrogens is 560 g/mol. The van der Waals surface area contributed by atoms with E-state index in [1.54, 1.807) is 6.92 Å². The van der Waals surface area contributed by atoms with E-state index in [0.717, 1.165) is 6.08 Å². The molecule has 0 aromatic heterocycles. The van der Waals surface area contributed by atoms with Gasteiger partial charge < -0.3 is 65.0 Å². The van der Waals surface area contributed by atoms with Crippen LogP contribution in [0.4, 0.5) is 4.79 Å². The van der Waals surface area contributed by atoms with Crippen molar-refractivity contribution in [1.82, 2.24) is 15.5 Å². The Hall–Kier alpha value is -3.15. The first-order valence-corrected chi connectivity index (χ1v) is 13.7. The van der Waals surface area contributed by atoms with Gasteiger partial charge in [0, 0.05) is 26.6 Å². The highest BCUT2D eigenvalue weighted by Gasteiger charge is 2.46. The fourth-order valence-corrected chi connectivity index (χ4v) is 3.89. The highest BCUT2D eigenvalue weighted by Crippen LogP contribution is 2.25. The van der Waals surface area contributed by atoms with Gasteiger partial charge in [0.05, 0.1) is 70.8 Å². The number of ether oxygens (including phenoxy) is 6. The Kier molecular flexibility index (Phi) is 18.2. The number of nitrogens with two attached hydrogens (primary N) is 1. The second kappa shape index (κ2) is 20.7. The van der Waals surface area contributed by atoms with E-state index in [9.17, 15) is 29.7 Å². The largest absolute Gasteiger partial charge is 0.477 e. The van der Waals surface area contributed by atoms with Crippen LogP contribution in [0.15, 0.2) is 24.2 Å². The van der Waals surface area contributed by atoms with Crippen molar-refractivity contribution in [3.8, 4) is 0 Å². The van der Waals surface area contributed by atoms with E-state index in [0.29, 0.717) is 39.6 Å². The van der Waals surface area contributed by atoms with Crippen LogP contribution in [-0.4, -0.2) is 141 Å². The molecule has 242 valence electrons. The highest BCUT2D eigenvalue weighted by atomic mass is 16.6. The summed E-state index contributed by atoms with van der Waals surface area (Å²) in [6.45, 7) is 11.1. The van der Waals surface area contributed by atoms with Crippen molar-refractivity contribution in [1.29, 1.82) is 0 Å². The van der Waals surface area contributed by atoms with Crippen molar-refractivity contribution in [2.75, 3.05) is 72.6 Å². The first kappa shape index (κ1) is 36.9. The van der Waals surface area contributed by atoms with E-state index in [1.807, 2.05) is 6.92 Å². The summed E-state index contributed by atoms with van der Waals surface area (Å²) in [7, 11) is 0. The van der Waals surface area contributed by atoms with E-state index >= 15 is 0 Å². The summed E-state index contributed by atoms with van der Waals surface area (Å²) in [4.78, 5) is 38.1. The number of carbonyl (C=O) groups is 3. The summed E-state index contributed by atoms with van der Waals surface area (Å²) in [5.74, 6) is -2.57.